The number of ether oxygens (including phenoxy) is 4. The van der Waals surface area contributed by atoms with Crippen molar-refractivity contribution in [3.8, 4) is 28.7 Å². The third kappa shape index (κ3) is 5.25. The van der Waals surface area contributed by atoms with Crippen LogP contribution in [0.4, 0.5) is 5.69 Å². The van der Waals surface area contributed by atoms with Crippen molar-refractivity contribution in [1.29, 1.82) is 0 Å². The monoisotopic (exact) mass is 570 g/mol. The summed E-state index contributed by atoms with van der Waals surface area (Å²) in [4.78, 5) is 28.0. The molecule has 42 heavy (non-hydrogen) atoms. The smallest absolute Gasteiger partial charge is 0.254 e. The first kappa shape index (κ1) is 28.6. The van der Waals surface area contributed by atoms with Crippen molar-refractivity contribution >= 4 is 17.4 Å². The van der Waals surface area contributed by atoms with Crippen LogP contribution in [0.25, 0.3) is 0 Å². The van der Waals surface area contributed by atoms with Gasteiger partial charge in [0.15, 0.2) is 28.8 Å². The number of carbonyl (C=O) groups excluding carboxylic acids is 2. The molecule has 0 spiro atoms. The number of carbonyl (C=O) groups is 2. The topological polar surface area (TPSA) is 115 Å². The summed E-state index contributed by atoms with van der Waals surface area (Å²) in [6.45, 7) is 1.83. The number of aromatic hydroxyl groups is 1. The molecular weight excluding hydrogens is 536 g/mol. The quantitative estimate of drug-likeness (QED) is 0.329. The SMILES string of the molecule is COc1cc([C@@H]2C(C(=O)Nc3ccccc3OC)=C(C)NC3=C2C(=O)C[C@H](c2ccc(OC)c(OC)c2)C3)ccc1O. The van der Waals surface area contributed by atoms with E-state index in [2.05, 4.69) is 10.6 Å². The van der Waals surface area contributed by atoms with E-state index in [4.69, 9.17) is 18.9 Å². The lowest BCUT2D eigenvalue weighted by Crippen LogP contribution is -2.37. The molecule has 9 heteroatoms. The first-order chi connectivity index (χ1) is 20.3. The highest BCUT2D eigenvalue weighted by Gasteiger charge is 2.41. The maximum Gasteiger partial charge on any atom is 0.254 e. The van der Waals surface area contributed by atoms with Gasteiger partial charge in [0.05, 0.1) is 34.1 Å². The maximum absolute atomic E-state index is 14.0. The molecule has 1 aliphatic heterocycles. The normalized spacial score (nSPS) is 18.2. The minimum atomic E-state index is -0.690. The number of ketones is 1. The van der Waals surface area contributed by atoms with Crippen molar-refractivity contribution in [2.75, 3.05) is 33.8 Å². The minimum absolute atomic E-state index is 0.0337. The highest BCUT2D eigenvalue weighted by atomic mass is 16.5. The van der Waals surface area contributed by atoms with Crippen molar-refractivity contribution in [2.45, 2.75) is 31.6 Å². The van der Waals surface area contributed by atoms with Crippen LogP contribution in [-0.4, -0.2) is 45.2 Å². The molecule has 0 aromatic heterocycles. The van der Waals surface area contributed by atoms with Gasteiger partial charge in [0, 0.05) is 34.9 Å². The zero-order valence-corrected chi connectivity index (χ0v) is 24.2. The highest BCUT2D eigenvalue weighted by molar-refractivity contribution is 6.10. The summed E-state index contributed by atoms with van der Waals surface area (Å²) < 4.78 is 21.7. The summed E-state index contributed by atoms with van der Waals surface area (Å²) in [6.07, 6.45) is 0.809. The molecule has 0 saturated carbocycles. The summed E-state index contributed by atoms with van der Waals surface area (Å²) in [5, 5.41) is 16.7. The summed E-state index contributed by atoms with van der Waals surface area (Å²) in [5.41, 5.74) is 4.42. The van der Waals surface area contributed by atoms with E-state index in [9.17, 15) is 14.7 Å². The van der Waals surface area contributed by atoms with E-state index in [-0.39, 0.29) is 35.5 Å². The Morgan fingerprint density at radius 2 is 1.50 bits per heavy atom. The van der Waals surface area contributed by atoms with E-state index < -0.39 is 5.92 Å². The van der Waals surface area contributed by atoms with Gasteiger partial charge in [0.1, 0.15) is 5.75 Å². The Kier molecular flexibility index (Phi) is 8.10. The Balaban J connectivity index is 1.58. The van der Waals surface area contributed by atoms with Gasteiger partial charge in [-0.25, -0.2) is 0 Å². The number of amides is 1. The number of benzene rings is 3. The van der Waals surface area contributed by atoms with Crippen LogP contribution in [0.3, 0.4) is 0 Å². The van der Waals surface area contributed by atoms with Gasteiger partial charge in [0.25, 0.3) is 5.91 Å². The lowest BCUT2D eigenvalue weighted by molar-refractivity contribution is -0.116. The van der Waals surface area contributed by atoms with E-state index in [1.54, 1.807) is 44.6 Å². The van der Waals surface area contributed by atoms with Gasteiger partial charge in [-0.1, -0.05) is 24.3 Å². The Morgan fingerprint density at radius 3 is 2.21 bits per heavy atom. The molecule has 5 rings (SSSR count). The molecule has 2 aliphatic rings. The van der Waals surface area contributed by atoms with Crippen molar-refractivity contribution in [3.63, 3.8) is 0 Å². The largest absolute Gasteiger partial charge is 0.504 e. The number of allylic oxidation sites excluding steroid dienone is 3. The molecule has 0 fully saturated rings. The van der Waals surface area contributed by atoms with E-state index >= 15 is 0 Å². The Labute approximate surface area is 244 Å². The fourth-order valence-electron chi connectivity index (χ4n) is 5.83. The van der Waals surface area contributed by atoms with Crippen LogP contribution in [0, 0.1) is 0 Å². The predicted octanol–water partition coefficient (Wildman–Crippen LogP) is 5.43. The molecular formula is C33H34N2O7. The van der Waals surface area contributed by atoms with E-state index in [0.717, 1.165) is 11.3 Å². The molecule has 3 aromatic rings. The zero-order chi connectivity index (χ0) is 30.0. The van der Waals surface area contributed by atoms with Crippen LogP contribution >= 0.6 is 0 Å². The van der Waals surface area contributed by atoms with Gasteiger partial charge in [0.2, 0.25) is 0 Å². The maximum atomic E-state index is 14.0. The number of Topliss-reactive ketones (excluding diaryl/α,β-unsaturated/α-hetero) is 1. The van der Waals surface area contributed by atoms with Crippen LogP contribution in [0.2, 0.25) is 0 Å². The zero-order valence-electron chi connectivity index (χ0n) is 24.2. The van der Waals surface area contributed by atoms with Gasteiger partial charge < -0.3 is 34.7 Å². The van der Waals surface area contributed by atoms with E-state index in [0.29, 0.717) is 51.8 Å². The number of anilines is 1. The number of dihydropyridines is 1. The second kappa shape index (κ2) is 11.9. The molecule has 0 radical (unpaired) electrons. The van der Waals surface area contributed by atoms with Crippen LogP contribution in [0.5, 0.6) is 28.7 Å². The summed E-state index contributed by atoms with van der Waals surface area (Å²) >= 11 is 0. The number of phenolic OH excluding ortho intramolecular Hbond substituents is 1. The summed E-state index contributed by atoms with van der Waals surface area (Å²) in [5.74, 6) is 0.708. The molecule has 3 aromatic carbocycles. The second-order valence-corrected chi connectivity index (χ2v) is 10.2. The van der Waals surface area contributed by atoms with Crippen molar-refractivity contribution < 1.29 is 33.6 Å². The fraction of sp³-hybridized carbons (Fsp3) is 0.273. The highest BCUT2D eigenvalue weighted by Crippen LogP contribution is 2.47. The Hall–Kier alpha value is -4.92. The second-order valence-electron chi connectivity index (χ2n) is 10.2. The molecule has 2 atom stereocenters. The van der Waals surface area contributed by atoms with E-state index in [1.807, 2.05) is 31.2 Å². The lowest BCUT2D eigenvalue weighted by Gasteiger charge is -2.37. The first-order valence-electron chi connectivity index (χ1n) is 13.6. The fourth-order valence-corrected chi connectivity index (χ4v) is 5.83. The molecule has 1 aliphatic carbocycles. The van der Waals surface area contributed by atoms with Gasteiger partial charge >= 0.3 is 0 Å². The van der Waals surface area contributed by atoms with Crippen molar-refractivity contribution in [3.05, 3.63) is 94.3 Å². The number of para-hydroxylation sites is 2. The van der Waals surface area contributed by atoms with Crippen LogP contribution < -0.4 is 29.6 Å². The Bertz CT molecular complexity index is 1610. The Morgan fingerprint density at radius 1 is 0.833 bits per heavy atom. The van der Waals surface area contributed by atoms with Gasteiger partial charge in [-0.2, -0.15) is 0 Å². The van der Waals surface area contributed by atoms with Gasteiger partial charge in [-0.15, -0.1) is 0 Å². The molecule has 3 N–H and O–H groups in total. The average Bonchev–Trinajstić information content (AvgIpc) is 3.00. The number of methoxy groups -OCH3 is 4. The predicted molar refractivity (Wildman–Crippen MR) is 158 cm³/mol. The van der Waals surface area contributed by atoms with Crippen molar-refractivity contribution in [2.24, 2.45) is 0 Å². The van der Waals surface area contributed by atoms with Gasteiger partial charge in [-0.3, -0.25) is 9.59 Å². The molecule has 218 valence electrons. The van der Waals surface area contributed by atoms with Gasteiger partial charge in [-0.05, 0) is 66.8 Å². The van der Waals surface area contributed by atoms with Crippen LogP contribution in [0.15, 0.2) is 83.2 Å². The number of rotatable bonds is 8. The van der Waals surface area contributed by atoms with E-state index in [1.165, 1.54) is 20.3 Å². The first-order valence-corrected chi connectivity index (χ1v) is 13.6. The molecule has 0 bridgehead atoms. The van der Waals surface area contributed by atoms with Crippen LogP contribution in [-0.2, 0) is 9.59 Å². The standard InChI is InChI=1S/C33H34N2O7/c1-18-30(33(38)35-22-8-6-7-9-26(22)39-2)31(20-10-12-24(36)28(17-20)41-4)32-23(34-18)14-21(15-25(32)37)19-11-13-27(40-3)29(16-19)42-5/h6-13,16-17,21,31,34,36H,14-15H2,1-5H3,(H,35,38)/t21-,31-/m1/s1. The molecule has 9 nitrogen and oxygen atoms in total. The van der Waals surface area contributed by atoms with Crippen molar-refractivity contribution in [1.82, 2.24) is 5.32 Å². The third-order valence-corrected chi connectivity index (χ3v) is 7.84. The lowest BCUT2D eigenvalue weighted by atomic mass is 9.71. The van der Waals surface area contributed by atoms with Crippen LogP contribution in [0.1, 0.15) is 42.7 Å². The molecule has 0 saturated heterocycles. The average molecular weight is 571 g/mol. The molecule has 1 amide bonds. The summed E-state index contributed by atoms with van der Waals surface area (Å²) in [7, 11) is 6.16. The number of nitrogens with one attached hydrogen (secondary N) is 2. The number of phenols is 1. The number of hydrogen-bond donors (Lipinski definition) is 3. The minimum Gasteiger partial charge on any atom is -0.504 e. The molecule has 1 heterocycles. The summed E-state index contributed by atoms with van der Waals surface area (Å²) in [6, 6.07) is 17.7. The molecule has 0 unspecified atom stereocenters. The number of hydrogen-bond acceptors (Lipinski definition) is 8. The third-order valence-electron chi connectivity index (χ3n) is 7.84.